The first-order valence-electron chi connectivity index (χ1n) is 5.62. The van der Waals surface area contributed by atoms with Crippen LogP contribution in [0.4, 0.5) is 0 Å². The van der Waals surface area contributed by atoms with E-state index >= 15 is 0 Å². The monoisotopic (exact) mass is 261 g/mol. The Morgan fingerprint density at radius 2 is 1.88 bits per heavy atom. The van der Waals surface area contributed by atoms with Crippen LogP contribution in [0.1, 0.15) is 19.3 Å². The van der Waals surface area contributed by atoms with E-state index in [0.29, 0.717) is 12.8 Å². The van der Waals surface area contributed by atoms with Crippen LogP contribution in [0.25, 0.3) is 0 Å². The van der Waals surface area contributed by atoms with Gasteiger partial charge in [0.05, 0.1) is 11.5 Å². The van der Waals surface area contributed by atoms with Crippen LogP contribution in [-0.4, -0.2) is 42.9 Å². The van der Waals surface area contributed by atoms with Crippen LogP contribution >= 0.6 is 0 Å². The van der Waals surface area contributed by atoms with Gasteiger partial charge in [-0.15, -0.1) is 0 Å². The SMILES string of the molecule is O=C(O)C1CC(C2CCS(=O)(=O)CC2)C(=O)N1. The molecule has 96 valence electrons. The number of carbonyl (C=O) groups excluding carboxylic acids is 1. The zero-order chi connectivity index (χ0) is 12.6. The van der Waals surface area contributed by atoms with E-state index in [1.807, 2.05) is 0 Å². The van der Waals surface area contributed by atoms with E-state index in [9.17, 15) is 18.0 Å². The van der Waals surface area contributed by atoms with Crippen molar-refractivity contribution in [2.45, 2.75) is 25.3 Å². The second-order valence-corrected chi connectivity index (χ2v) is 7.03. The van der Waals surface area contributed by atoms with Crippen molar-refractivity contribution in [2.75, 3.05) is 11.5 Å². The standard InChI is InChI=1S/C10H15NO5S/c12-9-7(5-8(11-9)10(13)14)6-1-3-17(15,16)4-2-6/h6-8H,1-5H2,(H,11,12)(H,13,14). The maximum absolute atomic E-state index is 11.6. The fraction of sp³-hybridized carbons (Fsp3) is 0.800. The van der Waals surface area contributed by atoms with Crippen molar-refractivity contribution in [3.05, 3.63) is 0 Å². The summed E-state index contributed by atoms with van der Waals surface area (Å²) in [6.45, 7) is 0. The molecule has 0 radical (unpaired) electrons. The summed E-state index contributed by atoms with van der Waals surface area (Å²) in [4.78, 5) is 22.4. The van der Waals surface area contributed by atoms with Crippen LogP contribution in [0, 0.1) is 11.8 Å². The first kappa shape index (κ1) is 12.3. The molecule has 0 aromatic heterocycles. The van der Waals surface area contributed by atoms with Crippen molar-refractivity contribution in [2.24, 2.45) is 11.8 Å². The zero-order valence-corrected chi connectivity index (χ0v) is 10.1. The molecule has 7 heteroatoms. The molecular weight excluding hydrogens is 246 g/mol. The van der Waals surface area contributed by atoms with Crippen LogP contribution in [0.3, 0.4) is 0 Å². The van der Waals surface area contributed by atoms with Gasteiger partial charge in [-0.25, -0.2) is 13.2 Å². The number of sulfone groups is 1. The van der Waals surface area contributed by atoms with Gasteiger partial charge < -0.3 is 10.4 Å². The molecule has 2 saturated heterocycles. The van der Waals surface area contributed by atoms with Crippen molar-refractivity contribution in [1.29, 1.82) is 0 Å². The van der Waals surface area contributed by atoms with Gasteiger partial charge in [-0.1, -0.05) is 0 Å². The van der Waals surface area contributed by atoms with Gasteiger partial charge in [0.1, 0.15) is 15.9 Å². The summed E-state index contributed by atoms with van der Waals surface area (Å²) < 4.78 is 22.5. The van der Waals surface area contributed by atoms with E-state index in [-0.39, 0.29) is 35.7 Å². The lowest BCUT2D eigenvalue weighted by Crippen LogP contribution is -2.34. The highest BCUT2D eigenvalue weighted by molar-refractivity contribution is 7.91. The van der Waals surface area contributed by atoms with Gasteiger partial charge in [0.2, 0.25) is 5.91 Å². The van der Waals surface area contributed by atoms with Crippen LogP contribution < -0.4 is 5.32 Å². The summed E-state index contributed by atoms with van der Waals surface area (Å²) in [7, 11) is -2.94. The Balaban J connectivity index is 2.00. The normalized spacial score (nSPS) is 33.3. The number of rotatable bonds is 2. The Bertz CT molecular complexity index is 430. The number of aliphatic carboxylic acids is 1. The molecule has 2 heterocycles. The molecule has 17 heavy (non-hydrogen) atoms. The van der Waals surface area contributed by atoms with E-state index in [2.05, 4.69) is 5.32 Å². The van der Waals surface area contributed by atoms with Crippen molar-refractivity contribution < 1.29 is 23.1 Å². The zero-order valence-electron chi connectivity index (χ0n) is 9.26. The predicted molar refractivity (Wildman–Crippen MR) is 59.1 cm³/mol. The minimum atomic E-state index is -2.94. The van der Waals surface area contributed by atoms with Gasteiger partial charge in [0, 0.05) is 5.92 Å². The number of nitrogens with one attached hydrogen (secondary N) is 1. The summed E-state index contributed by atoms with van der Waals surface area (Å²) in [5, 5.41) is 11.3. The fourth-order valence-corrected chi connectivity index (χ4v) is 4.11. The first-order valence-corrected chi connectivity index (χ1v) is 7.45. The number of carboxylic acids is 1. The fourth-order valence-electron chi connectivity index (χ4n) is 2.58. The van der Waals surface area contributed by atoms with Gasteiger partial charge in [0.15, 0.2) is 0 Å². The van der Waals surface area contributed by atoms with E-state index in [4.69, 9.17) is 5.11 Å². The van der Waals surface area contributed by atoms with Crippen LogP contribution in [0.2, 0.25) is 0 Å². The Hall–Kier alpha value is -1.11. The number of hydrogen-bond donors (Lipinski definition) is 2. The number of carboxylic acid groups (broad SMARTS) is 1. The molecule has 2 N–H and O–H groups in total. The summed E-state index contributed by atoms with van der Waals surface area (Å²) >= 11 is 0. The van der Waals surface area contributed by atoms with E-state index in [1.54, 1.807) is 0 Å². The molecule has 6 nitrogen and oxygen atoms in total. The predicted octanol–water partition coefficient (Wildman–Crippen LogP) is -0.599. The molecule has 2 atom stereocenters. The highest BCUT2D eigenvalue weighted by Crippen LogP contribution is 2.32. The Morgan fingerprint density at radius 3 is 2.35 bits per heavy atom. The van der Waals surface area contributed by atoms with Crippen LogP contribution in [-0.2, 0) is 19.4 Å². The quantitative estimate of drug-likeness (QED) is 0.691. The molecule has 0 aliphatic carbocycles. The molecule has 0 saturated carbocycles. The van der Waals surface area contributed by atoms with E-state index in [0.717, 1.165) is 0 Å². The Kier molecular flexibility index (Phi) is 3.11. The molecular formula is C10H15NO5S. The third kappa shape index (κ3) is 2.59. The smallest absolute Gasteiger partial charge is 0.326 e. The van der Waals surface area contributed by atoms with Crippen molar-refractivity contribution in [3.8, 4) is 0 Å². The third-order valence-electron chi connectivity index (χ3n) is 3.61. The maximum atomic E-state index is 11.6. The van der Waals surface area contributed by atoms with Gasteiger partial charge in [-0.05, 0) is 25.2 Å². The summed E-state index contributed by atoms with van der Waals surface area (Å²) in [6, 6.07) is -0.814. The minimum Gasteiger partial charge on any atom is -0.480 e. The Labute approximate surface area is 99.3 Å². The molecule has 0 aromatic carbocycles. The third-order valence-corrected chi connectivity index (χ3v) is 5.32. The Morgan fingerprint density at radius 1 is 1.29 bits per heavy atom. The second kappa shape index (κ2) is 4.29. The number of carbonyl (C=O) groups is 2. The second-order valence-electron chi connectivity index (χ2n) is 4.73. The maximum Gasteiger partial charge on any atom is 0.326 e. The lowest BCUT2D eigenvalue weighted by molar-refractivity contribution is -0.140. The minimum absolute atomic E-state index is 0.00266. The van der Waals surface area contributed by atoms with Gasteiger partial charge in [0.25, 0.3) is 0 Å². The highest BCUT2D eigenvalue weighted by atomic mass is 32.2. The summed E-state index contributed by atoms with van der Waals surface area (Å²) in [5.41, 5.74) is 0. The van der Waals surface area contributed by atoms with Gasteiger partial charge in [-0.3, -0.25) is 4.79 Å². The highest BCUT2D eigenvalue weighted by Gasteiger charge is 2.42. The average Bonchev–Trinajstić information content (AvgIpc) is 2.61. The number of amides is 1. The first-order chi connectivity index (χ1) is 7.89. The molecule has 2 aliphatic rings. The van der Waals surface area contributed by atoms with Gasteiger partial charge >= 0.3 is 5.97 Å². The lowest BCUT2D eigenvalue weighted by Gasteiger charge is -2.25. The summed E-state index contributed by atoms with van der Waals surface area (Å²) in [5.74, 6) is -1.39. The van der Waals surface area contributed by atoms with Crippen molar-refractivity contribution in [1.82, 2.24) is 5.32 Å². The molecule has 1 amide bonds. The summed E-state index contributed by atoms with van der Waals surface area (Å²) in [6.07, 6.45) is 1.21. The molecule has 2 unspecified atom stereocenters. The van der Waals surface area contributed by atoms with Gasteiger partial charge in [-0.2, -0.15) is 0 Å². The molecule has 2 rings (SSSR count). The lowest BCUT2D eigenvalue weighted by atomic mass is 9.85. The van der Waals surface area contributed by atoms with E-state index < -0.39 is 21.8 Å². The number of hydrogen-bond acceptors (Lipinski definition) is 4. The molecule has 2 aliphatic heterocycles. The molecule has 2 fully saturated rings. The van der Waals surface area contributed by atoms with Crippen LogP contribution in [0.5, 0.6) is 0 Å². The average molecular weight is 261 g/mol. The largest absolute Gasteiger partial charge is 0.480 e. The van der Waals surface area contributed by atoms with E-state index in [1.165, 1.54) is 0 Å². The van der Waals surface area contributed by atoms with Crippen molar-refractivity contribution >= 4 is 21.7 Å². The van der Waals surface area contributed by atoms with Crippen LogP contribution in [0.15, 0.2) is 0 Å². The molecule has 0 bridgehead atoms. The van der Waals surface area contributed by atoms with Crippen molar-refractivity contribution in [3.63, 3.8) is 0 Å². The molecule has 0 aromatic rings. The molecule has 0 spiro atoms. The topological polar surface area (TPSA) is 101 Å².